The van der Waals surface area contributed by atoms with Crippen LogP contribution in [0.25, 0.3) is 0 Å². The summed E-state index contributed by atoms with van der Waals surface area (Å²) in [6.45, 7) is 0.167. The second-order valence-electron chi connectivity index (χ2n) is 3.87. The zero-order valence-corrected chi connectivity index (χ0v) is 11.0. The summed E-state index contributed by atoms with van der Waals surface area (Å²) < 4.78 is 32.1. The predicted octanol–water partition coefficient (Wildman–Crippen LogP) is 4.24. The molecule has 2 aromatic rings. The van der Waals surface area contributed by atoms with Crippen LogP contribution in [0.5, 0.6) is 5.75 Å². The highest BCUT2D eigenvalue weighted by Crippen LogP contribution is 2.28. The molecule has 2 aromatic carbocycles. The molecule has 0 saturated heterocycles. The molecule has 2 nitrogen and oxygen atoms in total. The molecule has 100 valence electrons. The van der Waals surface area contributed by atoms with Gasteiger partial charge in [0, 0.05) is 17.1 Å². The number of nitrogens with one attached hydrogen (secondary N) is 1. The average molecular weight is 284 g/mol. The molecule has 0 bridgehead atoms. The first kappa shape index (κ1) is 13.6. The quantitative estimate of drug-likeness (QED) is 0.906. The van der Waals surface area contributed by atoms with Crippen molar-refractivity contribution >= 4 is 17.3 Å². The van der Waals surface area contributed by atoms with E-state index in [2.05, 4.69) is 5.32 Å². The third-order valence-electron chi connectivity index (χ3n) is 2.70. The van der Waals surface area contributed by atoms with Gasteiger partial charge in [-0.15, -0.1) is 0 Å². The number of ether oxygens (including phenoxy) is 1. The Kier molecular flexibility index (Phi) is 4.22. The van der Waals surface area contributed by atoms with Gasteiger partial charge in [0.25, 0.3) is 0 Å². The van der Waals surface area contributed by atoms with Crippen LogP contribution < -0.4 is 10.1 Å². The van der Waals surface area contributed by atoms with Crippen LogP contribution in [0.2, 0.25) is 5.02 Å². The maximum Gasteiger partial charge on any atom is 0.149 e. The predicted molar refractivity (Wildman–Crippen MR) is 71.7 cm³/mol. The maximum atomic E-state index is 13.5. The molecule has 2 rings (SSSR count). The number of hydrogen-bond acceptors (Lipinski definition) is 2. The summed E-state index contributed by atoms with van der Waals surface area (Å²) >= 11 is 6.05. The number of anilines is 1. The number of benzene rings is 2. The van der Waals surface area contributed by atoms with Crippen LogP contribution in [0.4, 0.5) is 14.5 Å². The van der Waals surface area contributed by atoms with Gasteiger partial charge in [0.05, 0.1) is 7.11 Å². The Balaban J connectivity index is 2.24. The topological polar surface area (TPSA) is 21.3 Å². The van der Waals surface area contributed by atoms with Crippen LogP contribution in [-0.2, 0) is 6.54 Å². The van der Waals surface area contributed by atoms with Crippen molar-refractivity contribution in [1.29, 1.82) is 0 Å². The summed E-state index contributed by atoms with van der Waals surface area (Å²) in [6.07, 6.45) is 0. The van der Waals surface area contributed by atoms with Gasteiger partial charge in [0.1, 0.15) is 23.1 Å². The lowest BCUT2D eigenvalue weighted by Gasteiger charge is -2.13. The summed E-state index contributed by atoms with van der Waals surface area (Å²) in [5, 5.41) is 3.17. The molecule has 0 saturated carbocycles. The molecule has 0 aliphatic rings. The van der Waals surface area contributed by atoms with E-state index in [-0.39, 0.29) is 12.2 Å². The minimum atomic E-state index is -0.647. The summed E-state index contributed by atoms with van der Waals surface area (Å²) in [7, 11) is 1.51. The summed E-state index contributed by atoms with van der Waals surface area (Å²) in [5.74, 6) is -0.728. The molecule has 0 aliphatic heterocycles. The molecule has 5 heteroatoms. The summed E-state index contributed by atoms with van der Waals surface area (Å²) in [4.78, 5) is 0. The number of rotatable bonds is 4. The Hall–Kier alpha value is -1.81. The second-order valence-corrected chi connectivity index (χ2v) is 4.28. The lowest BCUT2D eigenvalue weighted by atomic mass is 10.2. The van der Waals surface area contributed by atoms with E-state index in [0.29, 0.717) is 16.3 Å². The minimum Gasteiger partial charge on any atom is -0.496 e. The summed E-state index contributed by atoms with van der Waals surface area (Å²) in [6, 6.07) is 8.87. The lowest BCUT2D eigenvalue weighted by Crippen LogP contribution is -2.05. The highest BCUT2D eigenvalue weighted by atomic mass is 35.5. The number of methoxy groups -OCH3 is 1. The zero-order valence-electron chi connectivity index (χ0n) is 10.2. The molecular weight excluding hydrogens is 272 g/mol. The van der Waals surface area contributed by atoms with Gasteiger partial charge in [-0.05, 0) is 24.3 Å². The summed E-state index contributed by atoms with van der Waals surface area (Å²) in [5.41, 5.74) is 0.471. The van der Waals surface area contributed by atoms with E-state index in [1.807, 2.05) is 0 Å². The zero-order chi connectivity index (χ0) is 13.8. The van der Waals surface area contributed by atoms with Crippen LogP contribution in [0.3, 0.4) is 0 Å². The maximum absolute atomic E-state index is 13.5. The molecule has 0 atom stereocenters. The molecule has 0 fully saturated rings. The molecule has 0 heterocycles. The van der Waals surface area contributed by atoms with Gasteiger partial charge in [-0.25, -0.2) is 8.78 Å². The third-order valence-corrected chi connectivity index (χ3v) is 3.05. The van der Waals surface area contributed by atoms with Crippen LogP contribution >= 0.6 is 11.6 Å². The Bertz CT molecular complexity index is 569. The van der Waals surface area contributed by atoms with E-state index in [1.165, 1.54) is 25.3 Å². The van der Waals surface area contributed by atoms with Crippen molar-refractivity contribution in [2.75, 3.05) is 12.4 Å². The van der Waals surface area contributed by atoms with Gasteiger partial charge in [-0.1, -0.05) is 23.7 Å². The van der Waals surface area contributed by atoms with Crippen molar-refractivity contribution in [3.63, 3.8) is 0 Å². The van der Waals surface area contributed by atoms with Gasteiger partial charge in [-0.3, -0.25) is 0 Å². The van der Waals surface area contributed by atoms with E-state index in [4.69, 9.17) is 16.3 Å². The Morgan fingerprint density at radius 1 is 1.11 bits per heavy atom. The molecule has 0 amide bonds. The van der Waals surface area contributed by atoms with E-state index >= 15 is 0 Å². The molecule has 0 aliphatic carbocycles. The minimum absolute atomic E-state index is 0.167. The number of halogens is 3. The second kappa shape index (κ2) is 5.89. The van der Waals surface area contributed by atoms with Crippen molar-refractivity contribution < 1.29 is 13.5 Å². The van der Waals surface area contributed by atoms with Crippen molar-refractivity contribution in [2.24, 2.45) is 0 Å². The standard InChI is InChI=1S/C14H12ClF2NO/c1-19-13-7-2-4-10(15)9(13)8-18-14-11(16)5-3-6-12(14)17/h2-7,18H,8H2,1H3. The van der Waals surface area contributed by atoms with E-state index < -0.39 is 11.6 Å². The molecular formula is C14H12ClF2NO. The fourth-order valence-electron chi connectivity index (χ4n) is 1.75. The van der Waals surface area contributed by atoms with E-state index in [9.17, 15) is 8.78 Å². The Labute approximate surface area is 115 Å². The SMILES string of the molecule is COc1cccc(Cl)c1CNc1c(F)cccc1F. The van der Waals surface area contributed by atoms with Crippen LogP contribution in [0.1, 0.15) is 5.56 Å². The molecule has 0 unspecified atom stereocenters. The van der Waals surface area contributed by atoms with Gasteiger partial charge in [0.2, 0.25) is 0 Å². The lowest BCUT2D eigenvalue weighted by molar-refractivity contribution is 0.410. The molecule has 19 heavy (non-hydrogen) atoms. The van der Waals surface area contributed by atoms with Crippen molar-refractivity contribution in [1.82, 2.24) is 0 Å². The van der Waals surface area contributed by atoms with Gasteiger partial charge in [-0.2, -0.15) is 0 Å². The molecule has 0 radical (unpaired) electrons. The van der Waals surface area contributed by atoms with Gasteiger partial charge in [0.15, 0.2) is 0 Å². The van der Waals surface area contributed by atoms with Crippen molar-refractivity contribution in [3.8, 4) is 5.75 Å². The van der Waals surface area contributed by atoms with Crippen molar-refractivity contribution in [2.45, 2.75) is 6.54 Å². The van der Waals surface area contributed by atoms with Crippen LogP contribution in [-0.4, -0.2) is 7.11 Å². The molecule has 0 spiro atoms. The number of para-hydroxylation sites is 1. The van der Waals surface area contributed by atoms with Crippen molar-refractivity contribution in [3.05, 3.63) is 58.6 Å². The normalized spacial score (nSPS) is 10.3. The Morgan fingerprint density at radius 3 is 2.37 bits per heavy atom. The van der Waals surface area contributed by atoms with Crippen LogP contribution in [0, 0.1) is 11.6 Å². The monoisotopic (exact) mass is 283 g/mol. The van der Waals surface area contributed by atoms with Crippen LogP contribution in [0.15, 0.2) is 36.4 Å². The fourth-order valence-corrected chi connectivity index (χ4v) is 1.98. The first-order chi connectivity index (χ1) is 9.13. The van der Waals surface area contributed by atoms with E-state index in [0.717, 1.165) is 0 Å². The highest BCUT2D eigenvalue weighted by Gasteiger charge is 2.11. The van der Waals surface area contributed by atoms with Gasteiger partial charge >= 0.3 is 0 Å². The largest absolute Gasteiger partial charge is 0.496 e. The fraction of sp³-hybridized carbons (Fsp3) is 0.143. The van der Waals surface area contributed by atoms with E-state index in [1.54, 1.807) is 18.2 Å². The molecule has 1 N–H and O–H groups in total. The number of hydrogen-bond donors (Lipinski definition) is 1. The average Bonchev–Trinajstić information content (AvgIpc) is 2.39. The first-order valence-electron chi connectivity index (χ1n) is 5.62. The molecule has 0 aromatic heterocycles. The first-order valence-corrected chi connectivity index (χ1v) is 6.00. The third kappa shape index (κ3) is 2.96. The smallest absolute Gasteiger partial charge is 0.149 e. The Morgan fingerprint density at radius 2 is 1.74 bits per heavy atom. The van der Waals surface area contributed by atoms with Gasteiger partial charge < -0.3 is 10.1 Å². The highest BCUT2D eigenvalue weighted by molar-refractivity contribution is 6.31.